The number of nitrogens with zero attached hydrogens (tertiary/aromatic N) is 2. The first kappa shape index (κ1) is 13.6. The van der Waals surface area contributed by atoms with Gasteiger partial charge in [0.2, 0.25) is 0 Å². The number of benzene rings is 1. The lowest BCUT2D eigenvalue weighted by molar-refractivity contribution is 0.413. The van der Waals surface area contributed by atoms with Gasteiger partial charge in [0, 0.05) is 10.4 Å². The van der Waals surface area contributed by atoms with Crippen LogP contribution < -0.4 is 0 Å². The predicted molar refractivity (Wildman–Crippen MR) is 75.1 cm³/mol. The van der Waals surface area contributed by atoms with E-state index < -0.39 is 9.84 Å². The molecular formula is C12H11BrN2O4S. The molecule has 1 saturated heterocycles. The van der Waals surface area contributed by atoms with Crippen LogP contribution in [0.4, 0.5) is 0 Å². The number of phenolic OH excluding ortho intramolecular Hbond substituents is 1. The van der Waals surface area contributed by atoms with E-state index in [1.807, 2.05) is 0 Å². The van der Waals surface area contributed by atoms with E-state index in [-0.39, 0.29) is 29.1 Å². The number of aromatic hydroxyl groups is 1. The van der Waals surface area contributed by atoms with Gasteiger partial charge in [-0.1, -0.05) is 21.1 Å². The second-order valence-corrected chi connectivity index (χ2v) is 7.86. The lowest BCUT2D eigenvalue weighted by Crippen LogP contribution is -2.05. The maximum Gasteiger partial charge on any atom is 0.261 e. The van der Waals surface area contributed by atoms with Gasteiger partial charge in [0.15, 0.2) is 15.7 Å². The van der Waals surface area contributed by atoms with Gasteiger partial charge in [-0.25, -0.2) is 8.42 Å². The van der Waals surface area contributed by atoms with Crippen molar-refractivity contribution in [1.82, 2.24) is 10.1 Å². The normalized spacial score (nSPS) is 21.1. The third-order valence-electron chi connectivity index (χ3n) is 3.23. The van der Waals surface area contributed by atoms with Crippen LogP contribution in [0.25, 0.3) is 11.5 Å². The molecule has 1 aromatic heterocycles. The van der Waals surface area contributed by atoms with Crippen molar-refractivity contribution in [3.8, 4) is 17.2 Å². The summed E-state index contributed by atoms with van der Waals surface area (Å²) in [5, 5.41) is 13.7. The van der Waals surface area contributed by atoms with Crippen LogP contribution in [0.3, 0.4) is 0 Å². The van der Waals surface area contributed by atoms with Gasteiger partial charge in [-0.2, -0.15) is 4.98 Å². The van der Waals surface area contributed by atoms with E-state index in [0.717, 1.165) is 4.47 Å². The van der Waals surface area contributed by atoms with Gasteiger partial charge in [-0.15, -0.1) is 0 Å². The molecular weight excluding hydrogens is 348 g/mol. The SMILES string of the molecule is O=S1(=O)CCC(c2noc(-c3ccc(Br)cc3O)n2)C1. The van der Waals surface area contributed by atoms with Crippen molar-refractivity contribution >= 4 is 25.8 Å². The molecule has 1 aromatic carbocycles. The van der Waals surface area contributed by atoms with E-state index in [1.165, 1.54) is 6.07 Å². The van der Waals surface area contributed by atoms with Crippen molar-refractivity contribution in [2.24, 2.45) is 0 Å². The number of halogens is 1. The van der Waals surface area contributed by atoms with Crippen LogP contribution in [0.15, 0.2) is 27.2 Å². The monoisotopic (exact) mass is 358 g/mol. The average Bonchev–Trinajstić information content (AvgIpc) is 2.95. The summed E-state index contributed by atoms with van der Waals surface area (Å²) in [6, 6.07) is 4.93. The fourth-order valence-corrected chi connectivity index (χ4v) is 4.28. The molecule has 20 heavy (non-hydrogen) atoms. The summed E-state index contributed by atoms with van der Waals surface area (Å²) in [6.07, 6.45) is 0.508. The molecule has 6 nitrogen and oxygen atoms in total. The molecule has 0 aliphatic carbocycles. The lowest BCUT2D eigenvalue weighted by Gasteiger charge is -2.00. The van der Waals surface area contributed by atoms with Gasteiger partial charge >= 0.3 is 0 Å². The minimum Gasteiger partial charge on any atom is -0.507 e. The molecule has 1 aliphatic rings. The fraction of sp³-hybridized carbons (Fsp3) is 0.333. The number of rotatable bonds is 2. The third-order valence-corrected chi connectivity index (χ3v) is 5.49. The van der Waals surface area contributed by atoms with Crippen molar-refractivity contribution in [3.05, 3.63) is 28.5 Å². The van der Waals surface area contributed by atoms with Crippen molar-refractivity contribution in [2.45, 2.75) is 12.3 Å². The zero-order valence-electron chi connectivity index (χ0n) is 10.3. The second-order valence-electron chi connectivity index (χ2n) is 4.72. The highest BCUT2D eigenvalue weighted by molar-refractivity contribution is 9.10. The van der Waals surface area contributed by atoms with Gasteiger partial charge in [-0.05, 0) is 24.6 Å². The summed E-state index contributed by atoms with van der Waals surface area (Å²) in [5.41, 5.74) is 0.424. The van der Waals surface area contributed by atoms with E-state index in [0.29, 0.717) is 17.8 Å². The first-order valence-corrected chi connectivity index (χ1v) is 8.59. The highest BCUT2D eigenvalue weighted by Gasteiger charge is 2.32. The van der Waals surface area contributed by atoms with E-state index in [2.05, 4.69) is 26.1 Å². The Hall–Kier alpha value is -1.41. The minimum absolute atomic E-state index is 0.0219. The van der Waals surface area contributed by atoms with Crippen LogP contribution >= 0.6 is 15.9 Å². The molecule has 0 bridgehead atoms. The largest absolute Gasteiger partial charge is 0.507 e. The molecule has 0 amide bonds. The Balaban J connectivity index is 1.91. The van der Waals surface area contributed by atoms with Gasteiger partial charge in [-0.3, -0.25) is 0 Å². The summed E-state index contributed by atoms with van der Waals surface area (Å²) >= 11 is 3.25. The molecule has 1 fully saturated rings. The molecule has 1 N–H and O–H groups in total. The topological polar surface area (TPSA) is 93.3 Å². The first-order chi connectivity index (χ1) is 9.44. The molecule has 1 unspecified atom stereocenters. The van der Waals surface area contributed by atoms with E-state index >= 15 is 0 Å². The molecule has 2 heterocycles. The smallest absolute Gasteiger partial charge is 0.261 e. The number of hydrogen-bond donors (Lipinski definition) is 1. The maximum atomic E-state index is 11.5. The van der Waals surface area contributed by atoms with Crippen LogP contribution in [-0.4, -0.2) is 35.2 Å². The fourth-order valence-electron chi connectivity index (χ4n) is 2.19. The number of aromatic nitrogens is 2. The van der Waals surface area contributed by atoms with Crippen LogP contribution in [-0.2, 0) is 9.84 Å². The summed E-state index contributed by atoms with van der Waals surface area (Å²) in [4.78, 5) is 4.20. The van der Waals surface area contributed by atoms with Crippen molar-refractivity contribution in [2.75, 3.05) is 11.5 Å². The second kappa shape index (κ2) is 4.85. The van der Waals surface area contributed by atoms with Crippen molar-refractivity contribution in [3.63, 3.8) is 0 Å². The van der Waals surface area contributed by atoms with Gasteiger partial charge in [0.1, 0.15) is 5.75 Å². The maximum absolute atomic E-state index is 11.5. The highest BCUT2D eigenvalue weighted by Crippen LogP contribution is 2.33. The van der Waals surface area contributed by atoms with E-state index in [4.69, 9.17) is 4.52 Å². The van der Waals surface area contributed by atoms with E-state index in [9.17, 15) is 13.5 Å². The Morgan fingerprint density at radius 1 is 1.40 bits per heavy atom. The lowest BCUT2D eigenvalue weighted by atomic mass is 10.1. The molecule has 8 heteroatoms. The average molecular weight is 359 g/mol. The van der Waals surface area contributed by atoms with Crippen molar-refractivity contribution in [1.29, 1.82) is 0 Å². The summed E-state index contributed by atoms with van der Waals surface area (Å²) in [7, 11) is -2.99. The Morgan fingerprint density at radius 2 is 2.20 bits per heavy atom. The number of sulfone groups is 1. The highest BCUT2D eigenvalue weighted by atomic mass is 79.9. The molecule has 1 aliphatic heterocycles. The van der Waals surface area contributed by atoms with Gasteiger partial charge in [0.05, 0.1) is 17.1 Å². The predicted octanol–water partition coefficient (Wildman–Crippen LogP) is 2.11. The number of phenols is 1. The van der Waals surface area contributed by atoms with Crippen LogP contribution in [0.1, 0.15) is 18.2 Å². The zero-order valence-corrected chi connectivity index (χ0v) is 12.7. The van der Waals surface area contributed by atoms with Crippen LogP contribution in [0.2, 0.25) is 0 Å². The molecule has 0 spiro atoms. The van der Waals surface area contributed by atoms with Crippen molar-refractivity contribution < 1.29 is 18.0 Å². The summed E-state index contributed by atoms with van der Waals surface area (Å²) in [6.45, 7) is 0. The Morgan fingerprint density at radius 3 is 2.85 bits per heavy atom. The Kier molecular flexibility index (Phi) is 3.29. The number of hydrogen-bond acceptors (Lipinski definition) is 6. The Bertz CT molecular complexity index is 757. The molecule has 3 rings (SSSR count). The third kappa shape index (κ3) is 2.57. The van der Waals surface area contributed by atoms with Gasteiger partial charge < -0.3 is 9.63 Å². The van der Waals surface area contributed by atoms with Gasteiger partial charge in [0.25, 0.3) is 5.89 Å². The van der Waals surface area contributed by atoms with E-state index in [1.54, 1.807) is 12.1 Å². The molecule has 0 saturated carbocycles. The molecule has 2 aromatic rings. The van der Waals surface area contributed by atoms with Crippen LogP contribution in [0.5, 0.6) is 5.75 Å². The Labute approximate surface area is 123 Å². The molecule has 1 atom stereocenters. The standard InChI is InChI=1S/C12H11BrN2O4S/c13-8-1-2-9(10(16)5-8)12-14-11(15-19-12)7-3-4-20(17,18)6-7/h1-2,5,7,16H,3-4,6H2. The zero-order chi connectivity index (χ0) is 14.3. The van der Waals surface area contributed by atoms with Crippen LogP contribution in [0, 0.1) is 0 Å². The summed E-state index contributed by atoms with van der Waals surface area (Å²) in [5.74, 6) is 0.574. The molecule has 106 valence electrons. The summed E-state index contributed by atoms with van der Waals surface area (Å²) < 4.78 is 28.8. The minimum atomic E-state index is -2.99. The first-order valence-electron chi connectivity index (χ1n) is 5.97. The molecule has 0 radical (unpaired) electrons. The quantitative estimate of drug-likeness (QED) is 0.883.